The average molecular weight is 252 g/mol. The molecular weight excluding hydrogens is 220 g/mol. The van der Waals surface area contributed by atoms with Gasteiger partial charge in [0.25, 0.3) is 0 Å². The fraction of sp³-hybridized carbons (Fsp3) is 1.00. The van der Waals surface area contributed by atoms with E-state index in [1.807, 2.05) is 0 Å². The normalized spacial score (nSPS) is 29.0. The molecular formula is C16H32N2. The van der Waals surface area contributed by atoms with Crippen LogP contribution in [0.2, 0.25) is 0 Å². The summed E-state index contributed by atoms with van der Waals surface area (Å²) in [5.41, 5.74) is 0.753. The van der Waals surface area contributed by atoms with Crippen molar-refractivity contribution in [3.63, 3.8) is 0 Å². The van der Waals surface area contributed by atoms with Gasteiger partial charge in [-0.3, -0.25) is 4.90 Å². The van der Waals surface area contributed by atoms with Crippen molar-refractivity contribution >= 4 is 0 Å². The molecule has 0 aromatic heterocycles. The summed E-state index contributed by atoms with van der Waals surface area (Å²) in [6, 6.07) is 0.726. The van der Waals surface area contributed by atoms with Gasteiger partial charge in [0.15, 0.2) is 0 Å². The summed E-state index contributed by atoms with van der Waals surface area (Å²) in [5.74, 6) is 0.802. The molecule has 1 saturated heterocycles. The van der Waals surface area contributed by atoms with Crippen molar-refractivity contribution in [2.45, 2.75) is 83.8 Å². The van der Waals surface area contributed by atoms with Crippen LogP contribution >= 0.6 is 0 Å². The van der Waals surface area contributed by atoms with Crippen LogP contribution in [0.5, 0.6) is 0 Å². The van der Waals surface area contributed by atoms with Gasteiger partial charge in [-0.2, -0.15) is 0 Å². The summed E-state index contributed by atoms with van der Waals surface area (Å²) in [4.78, 5) is 2.86. The molecule has 2 nitrogen and oxygen atoms in total. The van der Waals surface area contributed by atoms with Crippen molar-refractivity contribution in [2.24, 2.45) is 5.92 Å². The Bertz CT molecular complexity index is 277. The third-order valence-corrected chi connectivity index (χ3v) is 4.95. The van der Waals surface area contributed by atoms with E-state index in [1.165, 1.54) is 45.2 Å². The van der Waals surface area contributed by atoms with Crippen molar-refractivity contribution in [1.82, 2.24) is 10.2 Å². The van der Waals surface area contributed by atoms with Gasteiger partial charge in [0.05, 0.1) is 0 Å². The quantitative estimate of drug-likeness (QED) is 0.828. The van der Waals surface area contributed by atoms with E-state index in [0.717, 1.165) is 12.0 Å². The van der Waals surface area contributed by atoms with Gasteiger partial charge in [0.2, 0.25) is 0 Å². The van der Waals surface area contributed by atoms with E-state index in [4.69, 9.17) is 0 Å². The van der Waals surface area contributed by atoms with Gasteiger partial charge in [-0.15, -0.1) is 0 Å². The number of nitrogens with zero attached hydrogens (tertiary/aromatic N) is 1. The Morgan fingerprint density at radius 1 is 1.11 bits per heavy atom. The van der Waals surface area contributed by atoms with E-state index in [-0.39, 0.29) is 5.54 Å². The van der Waals surface area contributed by atoms with Crippen LogP contribution in [-0.2, 0) is 0 Å². The standard InChI is InChI=1S/C16H32N2/c1-13(2)10-14(3)18-12-15(4,5)17-11-16(18)8-6-7-9-16/h13-14,17H,6-12H2,1-5H3. The van der Waals surface area contributed by atoms with Crippen LogP contribution in [0.15, 0.2) is 0 Å². The summed E-state index contributed by atoms with van der Waals surface area (Å²) in [6.07, 6.45) is 6.98. The molecule has 1 heterocycles. The number of hydrogen-bond donors (Lipinski definition) is 1. The highest BCUT2D eigenvalue weighted by Gasteiger charge is 2.47. The van der Waals surface area contributed by atoms with E-state index < -0.39 is 0 Å². The van der Waals surface area contributed by atoms with Crippen LogP contribution in [0.1, 0.15) is 66.7 Å². The number of hydrogen-bond acceptors (Lipinski definition) is 2. The molecule has 1 atom stereocenters. The van der Waals surface area contributed by atoms with Crippen molar-refractivity contribution in [2.75, 3.05) is 13.1 Å². The first kappa shape index (κ1) is 14.3. The molecule has 1 saturated carbocycles. The summed E-state index contributed by atoms with van der Waals surface area (Å²) in [7, 11) is 0. The van der Waals surface area contributed by atoms with Crippen LogP contribution < -0.4 is 5.32 Å². The van der Waals surface area contributed by atoms with Crippen molar-refractivity contribution < 1.29 is 0 Å². The molecule has 18 heavy (non-hydrogen) atoms. The van der Waals surface area contributed by atoms with Crippen molar-refractivity contribution in [3.05, 3.63) is 0 Å². The third-order valence-electron chi connectivity index (χ3n) is 4.95. The molecule has 2 fully saturated rings. The van der Waals surface area contributed by atoms with Crippen molar-refractivity contribution in [3.8, 4) is 0 Å². The Kier molecular flexibility index (Phi) is 4.08. The molecule has 0 aromatic rings. The molecule has 1 aliphatic heterocycles. The van der Waals surface area contributed by atoms with E-state index in [0.29, 0.717) is 5.54 Å². The van der Waals surface area contributed by atoms with Gasteiger partial charge in [-0.05, 0) is 46.0 Å². The number of nitrogens with one attached hydrogen (secondary N) is 1. The lowest BCUT2D eigenvalue weighted by Crippen LogP contribution is -2.69. The number of rotatable bonds is 3. The molecule has 1 N–H and O–H groups in total. The SMILES string of the molecule is CC(C)CC(C)N1CC(C)(C)NCC12CCCC2. The zero-order valence-electron chi connectivity index (χ0n) is 13.1. The van der Waals surface area contributed by atoms with Crippen LogP contribution in [0.3, 0.4) is 0 Å². The predicted octanol–water partition coefficient (Wildman–Crippen LogP) is 3.42. The minimum atomic E-state index is 0.277. The zero-order valence-corrected chi connectivity index (χ0v) is 13.1. The first-order chi connectivity index (χ1) is 8.35. The molecule has 0 amide bonds. The van der Waals surface area contributed by atoms with Crippen LogP contribution in [0, 0.1) is 5.92 Å². The fourth-order valence-electron chi connectivity index (χ4n) is 4.08. The molecule has 1 unspecified atom stereocenters. The lowest BCUT2D eigenvalue weighted by Gasteiger charge is -2.54. The van der Waals surface area contributed by atoms with Crippen LogP contribution in [0.4, 0.5) is 0 Å². The Morgan fingerprint density at radius 2 is 1.72 bits per heavy atom. The first-order valence-electron chi connectivity index (χ1n) is 7.86. The molecule has 0 bridgehead atoms. The third kappa shape index (κ3) is 2.91. The van der Waals surface area contributed by atoms with Gasteiger partial charge in [0.1, 0.15) is 0 Å². The van der Waals surface area contributed by atoms with Gasteiger partial charge >= 0.3 is 0 Å². The molecule has 0 radical (unpaired) electrons. The smallest absolute Gasteiger partial charge is 0.0337 e. The molecule has 0 aromatic carbocycles. The maximum absolute atomic E-state index is 3.79. The van der Waals surface area contributed by atoms with E-state index >= 15 is 0 Å². The minimum absolute atomic E-state index is 0.277. The van der Waals surface area contributed by atoms with Gasteiger partial charge in [-0.25, -0.2) is 0 Å². The number of piperazine rings is 1. The monoisotopic (exact) mass is 252 g/mol. The van der Waals surface area contributed by atoms with Gasteiger partial charge in [-0.1, -0.05) is 26.7 Å². The van der Waals surface area contributed by atoms with E-state index in [1.54, 1.807) is 0 Å². The Balaban J connectivity index is 2.14. The van der Waals surface area contributed by atoms with Gasteiger partial charge < -0.3 is 5.32 Å². The minimum Gasteiger partial charge on any atom is -0.309 e. The molecule has 2 aliphatic rings. The molecule has 106 valence electrons. The molecule has 1 spiro atoms. The Morgan fingerprint density at radius 3 is 2.28 bits per heavy atom. The average Bonchev–Trinajstić information content (AvgIpc) is 2.71. The summed E-state index contributed by atoms with van der Waals surface area (Å²) >= 11 is 0. The lowest BCUT2D eigenvalue weighted by molar-refractivity contribution is -0.0157. The topological polar surface area (TPSA) is 15.3 Å². The summed E-state index contributed by atoms with van der Waals surface area (Å²) in [6.45, 7) is 14.3. The Hall–Kier alpha value is -0.0800. The second-order valence-electron chi connectivity index (χ2n) is 7.78. The van der Waals surface area contributed by atoms with Crippen molar-refractivity contribution in [1.29, 1.82) is 0 Å². The highest BCUT2D eigenvalue weighted by atomic mass is 15.3. The Labute approximate surface area is 114 Å². The predicted molar refractivity (Wildman–Crippen MR) is 78.9 cm³/mol. The highest BCUT2D eigenvalue weighted by molar-refractivity contribution is 5.05. The maximum atomic E-state index is 3.79. The van der Waals surface area contributed by atoms with Crippen LogP contribution in [-0.4, -0.2) is 35.1 Å². The molecule has 2 rings (SSSR count). The van der Waals surface area contributed by atoms with E-state index in [2.05, 4.69) is 44.8 Å². The second-order valence-corrected chi connectivity index (χ2v) is 7.78. The largest absolute Gasteiger partial charge is 0.309 e. The van der Waals surface area contributed by atoms with Gasteiger partial charge in [0, 0.05) is 30.2 Å². The first-order valence-corrected chi connectivity index (χ1v) is 7.86. The molecule has 2 heteroatoms. The fourth-order valence-corrected chi connectivity index (χ4v) is 4.08. The zero-order chi connectivity index (χ0) is 13.4. The maximum Gasteiger partial charge on any atom is 0.0337 e. The highest BCUT2D eigenvalue weighted by Crippen LogP contribution is 2.40. The summed E-state index contributed by atoms with van der Waals surface area (Å²) in [5, 5.41) is 3.79. The van der Waals surface area contributed by atoms with Crippen LogP contribution in [0.25, 0.3) is 0 Å². The summed E-state index contributed by atoms with van der Waals surface area (Å²) < 4.78 is 0. The molecule has 1 aliphatic carbocycles. The van der Waals surface area contributed by atoms with E-state index in [9.17, 15) is 0 Å². The lowest BCUT2D eigenvalue weighted by atomic mass is 9.84. The second kappa shape index (κ2) is 5.13.